The summed E-state index contributed by atoms with van der Waals surface area (Å²) in [6.07, 6.45) is 0. The minimum absolute atomic E-state index is 0.0135. The molecule has 1 aromatic heterocycles. The number of rotatable bonds is 3. The summed E-state index contributed by atoms with van der Waals surface area (Å²) >= 11 is 0. The summed E-state index contributed by atoms with van der Waals surface area (Å²) in [6.45, 7) is 2.99. The molecule has 1 amide bonds. The minimum Gasteiger partial charge on any atom is -0.334 e. The van der Waals surface area contributed by atoms with Gasteiger partial charge in [-0.3, -0.25) is 4.79 Å². The largest absolute Gasteiger partial charge is 0.334 e. The molecule has 1 heterocycles. The first-order chi connectivity index (χ1) is 8.40. The average molecular weight is 267 g/mol. The number of aromatic amines is 1. The SMILES string of the molecule is CC(C)S(=O)(=O)NC(=O)c1nc2ccccc2[nH]1. The number of H-pyrrole nitrogens is 1. The van der Waals surface area contributed by atoms with Gasteiger partial charge in [-0.2, -0.15) is 0 Å². The molecule has 96 valence electrons. The van der Waals surface area contributed by atoms with Crippen LogP contribution in [0, 0.1) is 0 Å². The monoisotopic (exact) mass is 267 g/mol. The number of carbonyl (C=O) groups excluding carboxylic acids is 1. The smallest absolute Gasteiger partial charge is 0.300 e. The number of para-hydroxylation sites is 2. The lowest BCUT2D eigenvalue weighted by atomic mass is 10.3. The summed E-state index contributed by atoms with van der Waals surface area (Å²) < 4.78 is 25.1. The maximum Gasteiger partial charge on any atom is 0.300 e. The fraction of sp³-hybridized carbons (Fsp3) is 0.273. The molecule has 0 aliphatic heterocycles. The molecule has 2 N–H and O–H groups in total. The highest BCUT2D eigenvalue weighted by molar-refractivity contribution is 7.90. The van der Waals surface area contributed by atoms with Crippen molar-refractivity contribution < 1.29 is 13.2 Å². The summed E-state index contributed by atoms with van der Waals surface area (Å²) in [5.41, 5.74) is 1.30. The van der Waals surface area contributed by atoms with Crippen LogP contribution >= 0.6 is 0 Å². The van der Waals surface area contributed by atoms with Crippen molar-refractivity contribution in [2.45, 2.75) is 19.1 Å². The highest BCUT2D eigenvalue weighted by Crippen LogP contribution is 2.10. The minimum atomic E-state index is -3.64. The van der Waals surface area contributed by atoms with E-state index in [0.29, 0.717) is 11.0 Å². The van der Waals surface area contributed by atoms with E-state index in [4.69, 9.17) is 0 Å². The standard InChI is InChI=1S/C11H13N3O3S/c1-7(2)18(16,17)14-11(15)10-12-8-5-3-4-6-9(8)13-10/h3-7H,1-2H3,(H,12,13)(H,14,15). The van der Waals surface area contributed by atoms with E-state index in [0.717, 1.165) is 0 Å². The van der Waals surface area contributed by atoms with Crippen molar-refractivity contribution in [1.82, 2.24) is 14.7 Å². The van der Waals surface area contributed by atoms with Crippen molar-refractivity contribution in [2.75, 3.05) is 0 Å². The van der Waals surface area contributed by atoms with E-state index in [-0.39, 0.29) is 5.82 Å². The number of amides is 1. The number of sulfonamides is 1. The number of imidazole rings is 1. The first-order valence-corrected chi connectivity index (χ1v) is 6.95. The van der Waals surface area contributed by atoms with Crippen LogP contribution in [0.15, 0.2) is 24.3 Å². The molecular formula is C11H13N3O3S. The maximum atomic E-state index is 11.8. The molecule has 0 spiro atoms. The zero-order chi connectivity index (χ0) is 13.3. The lowest BCUT2D eigenvalue weighted by molar-refractivity contribution is 0.0972. The first kappa shape index (κ1) is 12.6. The molecule has 18 heavy (non-hydrogen) atoms. The van der Waals surface area contributed by atoms with Crippen LogP contribution in [0.3, 0.4) is 0 Å². The Morgan fingerprint density at radius 2 is 2.00 bits per heavy atom. The Morgan fingerprint density at radius 1 is 1.33 bits per heavy atom. The molecule has 0 bridgehead atoms. The lowest BCUT2D eigenvalue weighted by Crippen LogP contribution is -2.36. The molecule has 2 rings (SSSR count). The van der Waals surface area contributed by atoms with Gasteiger partial charge in [-0.15, -0.1) is 0 Å². The second kappa shape index (κ2) is 4.41. The summed E-state index contributed by atoms with van der Waals surface area (Å²) in [6, 6.07) is 7.08. The molecule has 1 aromatic carbocycles. The van der Waals surface area contributed by atoms with Gasteiger partial charge in [0.05, 0.1) is 16.3 Å². The van der Waals surface area contributed by atoms with E-state index in [2.05, 4.69) is 9.97 Å². The predicted molar refractivity (Wildman–Crippen MR) is 67.6 cm³/mol. The van der Waals surface area contributed by atoms with Gasteiger partial charge in [-0.05, 0) is 26.0 Å². The second-order valence-electron chi connectivity index (χ2n) is 4.13. The number of fused-ring (bicyclic) bond motifs is 1. The van der Waals surface area contributed by atoms with Gasteiger partial charge in [-0.25, -0.2) is 18.1 Å². The van der Waals surface area contributed by atoms with Crippen LogP contribution in [0.4, 0.5) is 0 Å². The third-order valence-corrected chi connectivity index (χ3v) is 4.17. The summed E-state index contributed by atoms with van der Waals surface area (Å²) in [7, 11) is -3.64. The van der Waals surface area contributed by atoms with Gasteiger partial charge in [0.15, 0.2) is 5.82 Å². The van der Waals surface area contributed by atoms with Crippen LogP contribution in [0.5, 0.6) is 0 Å². The average Bonchev–Trinajstić information content (AvgIpc) is 2.71. The lowest BCUT2D eigenvalue weighted by Gasteiger charge is -2.07. The van der Waals surface area contributed by atoms with Crippen molar-refractivity contribution in [2.24, 2.45) is 0 Å². The summed E-state index contributed by atoms with van der Waals surface area (Å²) in [4.78, 5) is 18.5. The first-order valence-electron chi connectivity index (χ1n) is 5.41. The molecule has 0 aliphatic rings. The third kappa shape index (κ3) is 2.35. The van der Waals surface area contributed by atoms with Crippen LogP contribution in [0.25, 0.3) is 11.0 Å². The zero-order valence-electron chi connectivity index (χ0n) is 9.97. The van der Waals surface area contributed by atoms with E-state index >= 15 is 0 Å². The molecule has 0 saturated carbocycles. The predicted octanol–water partition coefficient (Wildman–Crippen LogP) is 1.03. The van der Waals surface area contributed by atoms with E-state index in [1.54, 1.807) is 24.3 Å². The van der Waals surface area contributed by atoms with Crippen molar-refractivity contribution in [3.63, 3.8) is 0 Å². The molecule has 6 nitrogen and oxygen atoms in total. The topological polar surface area (TPSA) is 91.9 Å². The fourth-order valence-electron chi connectivity index (χ4n) is 1.36. The maximum absolute atomic E-state index is 11.8. The Kier molecular flexibility index (Phi) is 3.08. The number of hydrogen-bond donors (Lipinski definition) is 2. The third-order valence-electron chi connectivity index (χ3n) is 2.46. The summed E-state index contributed by atoms with van der Waals surface area (Å²) in [5.74, 6) is -0.764. The molecule has 0 atom stereocenters. The van der Waals surface area contributed by atoms with Crippen molar-refractivity contribution in [3.05, 3.63) is 30.1 Å². The van der Waals surface area contributed by atoms with Gasteiger partial charge in [0, 0.05) is 0 Å². The van der Waals surface area contributed by atoms with Crippen molar-refractivity contribution >= 4 is 27.0 Å². The van der Waals surface area contributed by atoms with Crippen LogP contribution in [-0.4, -0.2) is 29.5 Å². The summed E-state index contributed by atoms with van der Waals surface area (Å²) in [5, 5.41) is -0.675. The number of benzene rings is 1. The molecule has 0 fully saturated rings. The van der Waals surface area contributed by atoms with Gasteiger partial charge in [0.2, 0.25) is 10.0 Å². The molecule has 0 saturated heterocycles. The number of aromatic nitrogens is 2. The molecular weight excluding hydrogens is 254 g/mol. The second-order valence-corrected chi connectivity index (χ2v) is 6.36. The highest BCUT2D eigenvalue weighted by Gasteiger charge is 2.21. The number of nitrogens with one attached hydrogen (secondary N) is 2. The quantitative estimate of drug-likeness (QED) is 0.868. The Balaban J connectivity index is 2.29. The number of carbonyl (C=O) groups is 1. The molecule has 0 radical (unpaired) electrons. The molecule has 7 heteroatoms. The Hall–Kier alpha value is -1.89. The Bertz CT molecular complexity index is 655. The van der Waals surface area contributed by atoms with Gasteiger partial charge in [0.1, 0.15) is 0 Å². The van der Waals surface area contributed by atoms with Crippen LogP contribution in [0.2, 0.25) is 0 Å². The van der Waals surface area contributed by atoms with Crippen molar-refractivity contribution in [3.8, 4) is 0 Å². The van der Waals surface area contributed by atoms with Crippen LogP contribution < -0.4 is 4.72 Å². The zero-order valence-corrected chi connectivity index (χ0v) is 10.8. The fourth-order valence-corrected chi connectivity index (χ4v) is 1.95. The Labute approximate surface area is 104 Å². The normalized spacial score (nSPS) is 11.9. The number of nitrogens with zero attached hydrogens (tertiary/aromatic N) is 1. The Morgan fingerprint density at radius 3 is 2.61 bits per heavy atom. The van der Waals surface area contributed by atoms with E-state index in [9.17, 15) is 13.2 Å². The van der Waals surface area contributed by atoms with Crippen LogP contribution in [0.1, 0.15) is 24.5 Å². The molecule has 0 aliphatic carbocycles. The number of hydrogen-bond acceptors (Lipinski definition) is 4. The van der Waals surface area contributed by atoms with Gasteiger partial charge in [0.25, 0.3) is 0 Å². The van der Waals surface area contributed by atoms with E-state index in [1.165, 1.54) is 13.8 Å². The molecule has 0 unspecified atom stereocenters. The van der Waals surface area contributed by atoms with E-state index in [1.807, 2.05) is 4.72 Å². The van der Waals surface area contributed by atoms with Gasteiger partial charge >= 0.3 is 5.91 Å². The van der Waals surface area contributed by atoms with Gasteiger partial charge in [-0.1, -0.05) is 12.1 Å². The van der Waals surface area contributed by atoms with Gasteiger partial charge < -0.3 is 4.98 Å². The van der Waals surface area contributed by atoms with Crippen LogP contribution in [-0.2, 0) is 10.0 Å². The van der Waals surface area contributed by atoms with E-state index < -0.39 is 21.2 Å². The highest BCUT2D eigenvalue weighted by atomic mass is 32.2. The van der Waals surface area contributed by atoms with Crippen molar-refractivity contribution in [1.29, 1.82) is 0 Å². The molecule has 2 aromatic rings.